The molecule has 4 nitrogen and oxygen atoms in total. The third-order valence-electron chi connectivity index (χ3n) is 4.39. The third kappa shape index (κ3) is 4.53. The predicted molar refractivity (Wildman–Crippen MR) is 88.4 cm³/mol. The van der Waals surface area contributed by atoms with Gasteiger partial charge in [0.25, 0.3) is 5.91 Å². The van der Waals surface area contributed by atoms with Crippen molar-refractivity contribution >= 4 is 11.6 Å². The molecule has 1 fully saturated rings. The number of likely N-dealkylation sites (tertiary alicyclic amines) is 1. The summed E-state index contributed by atoms with van der Waals surface area (Å²) >= 11 is 0. The van der Waals surface area contributed by atoms with Gasteiger partial charge in [-0.3, -0.25) is 4.79 Å². The lowest BCUT2D eigenvalue weighted by Crippen LogP contribution is -2.40. The Labute approximate surface area is 144 Å². The number of hydrogen-bond donors (Lipinski definition) is 1. The highest BCUT2D eigenvalue weighted by Gasteiger charge is 2.34. The van der Waals surface area contributed by atoms with Crippen LogP contribution in [0.15, 0.2) is 36.0 Å². The summed E-state index contributed by atoms with van der Waals surface area (Å²) in [6, 6.07) is 6.83. The van der Waals surface area contributed by atoms with Gasteiger partial charge in [0, 0.05) is 18.3 Å². The van der Waals surface area contributed by atoms with Gasteiger partial charge in [-0.05, 0) is 45.2 Å². The largest absolute Gasteiger partial charge is 0.418 e. The summed E-state index contributed by atoms with van der Waals surface area (Å²) in [6.45, 7) is 4.00. The van der Waals surface area contributed by atoms with Crippen LogP contribution in [0.1, 0.15) is 38.7 Å². The van der Waals surface area contributed by atoms with Crippen LogP contribution in [-0.4, -0.2) is 22.9 Å². The highest BCUT2D eigenvalue weighted by Crippen LogP contribution is 2.34. The highest BCUT2D eigenvalue weighted by molar-refractivity contribution is 6.06. The lowest BCUT2D eigenvalue weighted by molar-refractivity contribution is -0.137. The van der Waals surface area contributed by atoms with E-state index in [4.69, 9.17) is 0 Å². The van der Waals surface area contributed by atoms with E-state index in [2.05, 4.69) is 5.32 Å². The fraction of sp³-hybridized carbons (Fsp3) is 0.444. The second-order valence-electron chi connectivity index (χ2n) is 6.23. The third-order valence-corrected chi connectivity index (χ3v) is 4.39. The fourth-order valence-corrected chi connectivity index (χ4v) is 3.01. The zero-order valence-corrected chi connectivity index (χ0v) is 14.1. The number of alkyl halides is 3. The van der Waals surface area contributed by atoms with Crippen molar-refractivity contribution in [2.75, 3.05) is 5.32 Å². The van der Waals surface area contributed by atoms with E-state index in [1.165, 1.54) is 24.4 Å². The molecule has 25 heavy (non-hydrogen) atoms. The molecular formula is C18H20F3N3O. The number of hydrogen-bond acceptors (Lipinski definition) is 3. The van der Waals surface area contributed by atoms with E-state index in [0.717, 1.165) is 25.3 Å². The summed E-state index contributed by atoms with van der Waals surface area (Å²) in [5.41, 5.74) is -1.51. The van der Waals surface area contributed by atoms with E-state index >= 15 is 0 Å². The SMILES string of the molecule is CC1CCCC(C)N1/C=C(/C#N)C(=O)Nc1ccccc1C(F)(F)F. The van der Waals surface area contributed by atoms with Gasteiger partial charge >= 0.3 is 6.18 Å². The number of anilines is 1. The van der Waals surface area contributed by atoms with Crippen molar-refractivity contribution < 1.29 is 18.0 Å². The molecule has 0 aromatic heterocycles. The Bertz CT molecular complexity index is 696. The Morgan fingerprint density at radius 2 is 1.88 bits per heavy atom. The molecular weight excluding hydrogens is 331 g/mol. The van der Waals surface area contributed by atoms with Crippen molar-refractivity contribution in [1.29, 1.82) is 5.26 Å². The molecule has 1 amide bonds. The normalized spacial score (nSPS) is 21.6. The van der Waals surface area contributed by atoms with E-state index in [1.54, 1.807) is 6.07 Å². The summed E-state index contributed by atoms with van der Waals surface area (Å²) in [5.74, 6) is -0.843. The van der Waals surface area contributed by atoms with Crippen molar-refractivity contribution in [3.05, 3.63) is 41.6 Å². The Hall–Kier alpha value is -2.49. The molecule has 2 atom stereocenters. The molecule has 1 saturated heterocycles. The average Bonchev–Trinajstić information content (AvgIpc) is 2.54. The van der Waals surface area contributed by atoms with E-state index < -0.39 is 17.6 Å². The molecule has 2 unspecified atom stereocenters. The minimum Gasteiger partial charge on any atom is -0.371 e. The van der Waals surface area contributed by atoms with E-state index in [1.807, 2.05) is 18.7 Å². The molecule has 134 valence electrons. The molecule has 1 aliphatic heterocycles. The molecule has 1 N–H and O–H groups in total. The minimum absolute atomic E-state index is 0.169. The number of nitriles is 1. The van der Waals surface area contributed by atoms with Crippen LogP contribution in [0.25, 0.3) is 0 Å². The molecule has 0 bridgehead atoms. The highest BCUT2D eigenvalue weighted by atomic mass is 19.4. The molecule has 7 heteroatoms. The van der Waals surface area contributed by atoms with Crippen LogP contribution in [0.3, 0.4) is 0 Å². The number of carbonyl (C=O) groups excluding carboxylic acids is 1. The van der Waals surface area contributed by atoms with Gasteiger partial charge in [0.15, 0.2) is 0 Å². The number of carbonyl (C=O) groups is 1. The van der Waals surface area contributed by atoms with E-state index in [-0.39, 0.29) is 23.3 Å². The van der Waals surface area contributed by atoms with Gasteiger partial charge in [-0.15, -0.1) is 0 Å². The zero-order chi connectivity index (χ0) is 18.6. The van der Waals surface area contributed by atoms with Gasteiger partial charge in [0.2, 0.25) is 0 Å². The van der Waals surface area contributed by atoms with E-state index in [0.29, 0.717) is 0 Å². The van der Waals surface area contributed by atoms with Gasteiger partial charge < -0.3 is 10.2 Å². The maximum absolute atomic E-state index is 13.0. The lowest BCUT2D eigenvalue weighted by Gasteiger charge is -2.38. The maximum Gasteiger partial charge on any atom is 0.418 e. The number of halogens is 3. The summed E-state index contributed by atoms with van der Waals surface area (Å²) < 4.78 is 39.1. The topological polar surface area (TPSA) is 56.1 Å². The van der Waals surface area contributed by atoms with Gasteiger partial charge in [-0.1, -0.05) is 12.1 Å². The number of para-hydroxylation sites is 1. The van der Waals surface area contributed by atoms with Crippen LogP contribution >= 0.6 is 0 Å². The molecule has 0 spiro atoms. The lowest BCUT2D eigenvalue weighted by atomic mass is 9.98. The first-order chi connectivity index (χ1) is 11.7. The van der Waals surface area contributed by atoms with Gasteiger partial charge in [0.1, 0.15) is 11.6 Å². The first kappa shape index (κ1) is 18.8. The van der Waals surface area contributed by atoms with Crippen LogP contribution in [0, 0.1) is 11.3 Å². The molecule has 1 aromatic carbocycles. The quantitative estimate of drug-likeness (QED) is 0.652. The number of piperidine rings is 1. The van der Waals surface area contributed by atoms with Gasteiger partial charge in [-0.25, -0.2) is 0 Å². The Morgan fingerprint density at radius 1 is 1.28 bits per heavy atom. The molecule has 0 radical (unpaired) electrons. The van der Waals surface area contributed by atoms with Crippen molar-refractivity contribution in [3.63, 3.8) is 0 Å². The second kappa shape index (κ2) is 7.60. The smallest absolute Gasteiger partial charge is 0.371 e. The van der Waals surface area contributed by atoms with Crippen molar-refractivity contribution in [1.82, 2.24) is 4.90 Å². The number of benzene rings is 1. The average molecular weight is 351 g/mol. The molecule has 2 rings (SSSR count). The molecule has 0 saturated carbocycles. The minimum atomic E-state index is -4.59. The number of amides is 1. The first-order valence-electron chi connectivity index (χ1n) is 8.11. The summed E-state index contributed by atoms with van der Waals surface area (Å²) in [7, 11) is 0. The van der Waals surface area contributed by atoms with Crippen molar-refractivity contribution in [2.24, 2.45) is 0 Å². The van der Waals surface area contributed by atoms with E-state index in [9.17, 15) is 23.2 Å². The molecule has 1 aromatic rings. The molecule has 1 aliphatic rings. The van der Waals surface area contributed by atoms with Gasteiger partial charge in [0.05, 0.1) is 11.3 Å². The number of nitrogens with zero attached hydrogens (tertiary/aromatic N) is 2. The Morgan fingerprint density at radius 3 is 2.44 bits per heavy atom. The molecule has 0 aliphatic carbocycles. The van der Waals surface area contributed by atoms with Gasteiger partial charge in [-0.2, -0.15) is 18.4 Å². The van der Waals surface area contributed by atoms with Crippen molar-refractivity contribution in [3.8, 4) is 6.07 Å². The molecule has 1 heterocycles. The summed E-state index contributed by atoms with van der Waals surface area (Å²) in [5, 5.41) is 11.5. The Balaban J connectivity index is 2.25. The van der Waals surface area contributed by atoms with Crippen LogP contribution < -0.4 is 5.32 Å². The van der Waals surface area contributed by atoms with Crippen LogP contribution in [-0.2, 0) is 11.0 Å². The zero-order valence-electron chi connectivity index (χ0n) is 14.1. The maximum atomic E-state index is 13.0. The number of nitrogens with one attached hydrogen (secondary N) is 1. The summed E-state index contributed by atoms with van der Waals surface area (Å²) in [6.07, 6.45) is -0.174. The standard InChI is InChI=1S/C18H20F3N3O/c1-12-6-5-7-13(2)24(12)11-14(10-22)17(25)23-16-9-4-3-8-15(16)18(19,20)21/h3-4,8-9,11-13H,5-7H2,1-2H3,(H,23,25)/b14-11-. The summed E-state index contributed by atoms with van der Waals surface area (Å²) in [4.78, 5) is 14.2. The van der Waals surface area contributed by atoms with Crippen LogP contribution in [0.2, 0.25) is 0 Å². The first-order valence-corrected chi connectivity index (χ1v) is 8.11. The second-order valence-corrected chi connectivity index (χ2v) is 6.23. The monoisotopic (exact) mass is 351 g/mol. The van der Waals surface area contributed by atoms with Crippen LogP contribution in [0.4, 0.5) is 18.9 Å². The fourth-order valence-electron chi connectivity index (χ4n) is 3.01. The number of rotatable bonds is 3. The predicted octanol–water partition coefficient (Wildman–Crippen LogP) is 4.31. The van der Waals surface area contributed by atoms with Crippen molar-refractivity contribution in [2.45, 2.75) is 51.4 Å². The Kier molecular flexibility index (Phi) is 5.73. The van der Waals surface area contributed by atoms with Crippen LogP contribution in [0.5, 0.6) is 0 Å².